The summed E-state index contributed by atoms with van der Waals surface area (Å²) in [5.41, 5.74) is 0.245. The van der Waals surface area contributed by atoms with Gasteiger partial charge in [0.25, 0.3) is 0 Å². The minimum Gasteiger partial charge on any atom is -0.375 e. The Morgan fingerprint density at radius 1 is 1.17 bits per heavy atom. The van der Waals surface area contributed by atoms with E-state index < -0.39 is 0 Å². The number of nitrogens with one attached hydrogen (secondary N) is 1. The predicted octanol–water partition coefficient (Wildman–Crippen LogP) is 3.75. The van der Waals surface area contributed by atoms with Gasteiger partial charge in [0, 0.05) is 12.6 Å². The normalized spacial score (nSPS) is 29.7. The molecular weight excluding hydrogens is 222 g/mol. The van der Waals surface area contributed by atoms with E-state index in [9.17, 15) is 0 Å². The Morgan fingerprint density at radius 2 is 1.89 bits per heavy atom. The summed E-state index contributed by atoms with van der Waals surface area (Å²) < 4.78 is 6.15. The maximum absolute atomic E-state index is 6.15. The van der Waals surface area contributed by atoms with Gasteiger partial charge < -0.3 is 10.1 Å². The van der Waals surface area contributed by atoms with Gasteiger partial charge in [-0.25, -0.2) is 0 Å². The van der Waals surface area contributed by atoms with Crippen LogP contribution in [0.5, 0.6) is 0 Å². The summed E-state index contributed by atoms with van der Waals surface area (Å²) in [6, 6.07) is 0.693. The van der Waals surface area contributed by atoms with Gasteiger partial charge in [-0.05, 0) is 44.1 Å². The molecule has 1 saturated heterocycles. The molecule has 2 aliphatic rings. The number of hydrogen-bond acceptors (Lipinski definition) is 2. The summed E-state index contributed by atoms with van der Waals surface area (Å²) in [6.45, 7) is 9.12. The maximum atomic E-state index is 6.15. The van der Waals surface area contributed by atoms with Crippen LogP contribution >= 0.6 is 0 Å². The second-order valence-corrected chi connectivity index (χ2v) is 6.91. The largest absolute Gasteiger partial charge is 0.375 e. The first-order valence-corrected chi connectivity index (χ1v) is 7.99. The topological polar surface area (TPSA) is 21.3 Å². The second-order valence-electron chi connectivity index (χ2n) is 6.91. The zero-order valence-corrected chi connectivity index (χ0v) is 12.5. The van der Waals surface area contributed by atoms with E-state index in [-0.39, 0.29) is 5.60 Å². The van der Waals surface area contributed by atoms with Gasteiger partial charge in [0.2, 0.25) is 0 Å². The molecular formula is C16H31NO. The molecule has 2 unspecified atom stereocenters. The van der Waals surface area contributed by atoms with Crippen LogP contribution in [0.1, 0.15) is 65.7 Å². The zero-order valence-electron chi connectivity index (χ0n) is 12.5. The van der Waals surface area contributed by atoms with Crippen LogP contribution in [0.4, 0.5) is 0 Å². The van der Waals surface area contributed by atoms with Crippen molar-refractivity contribution in [1.82, 2.24) is 5.32 Å². The molecule has 1 heterocycles. The minimum atomic E-state index is 0.245. The van der Waals surface area contributed by atoms with Crippen LogP contribution in [0.15, 0.2) is 0 Å². The van der Waals surface area contributed by atoms with Gasteiger partial charge in [-0.2, -0.15) is 0 Å². The van der Waals surface area contributed by atoms with Crippen LogP contribution in [0, 0.1) is 11.8 Å². The second kappa shape index (κ2) is 6.38. The monoisotopic (exact) mass is 253 g/mol. The fraction of sp³-hybridized carbons (Fsp3) is 1.00. The highest BCUT2D eigenvalue weighted by molar-refractivity contribution is 4.92. The van der Waals surface area contributed by atoms with E-state index in [1.807, 2.05) is 0 Å². The molecule has 0 aromatic rings. The van der Waals surface area contributed by atoms with E-state index in [1.54, 1.807) is 0 Å². The van der Waals surface area contributed by atoms with Crippen LogP contribution in [0.3, 0.4) is 0 Å². The first-order chi connectivity index (χ1) is 8.61. The summed E-state index contributed by atoms with van der Waals surface area (Å²) >= 11 is 0. The number of hydrogen-bond donors (Lipinski definition) is 1. The highest BCUT2D eigenvalue weighted by Gasteiger charge is 2.38. The molecule has 0 aromatic heterocycles. The minimum absolute atomic E-state index is 0.245. The van der Waals surface area contributed by atoms with Crippen molar-refractivity contribution in [2.75, 3.05) is 13.2 Å². The molecule has 2 nitrogen and oxygen atoms in total. The number of ether oxygens (including phenoxy) is 1. The van der Waals surface area contributed by atoms with Crippen molar-refractivity contribution in [2.24, 2.45) is 11.8 Å². The van der Waals surface area contributed by atoms with Crippen molar-refractivity contribution in [3.8, 4) is 0 Å². The Morgan fingerprint density at radius 3 is 2.56 bits per heavy atom. The Labute approximate surface area is 113 Å². The molecule has 1 saturated carbocycles. The molecule has 0 amide bonds. The van der Waals surface area contributed by atoms with Gasteiger partial charge in [0.05, 0.1) is 5.60 Å². The van der Waals surface area contributed by atoms with E-state index in [2.05, 4.69) is 26.1 Å². The van der Waals surface area contributed by atoms with Crippen LogP contribution in [-0.4, -0.2) is 24.8 Å². The third-order valence-electron chi connectivity index (χ3n) is 5.12. The molecule has 0 bridgehead atoms. The smallest absolute Gasteiger partial charge is 0.0697 e. The zero-order chi connectivity index (χ0) is 13.0. The Balaban J connectivity index is 1.79. The molecule has 2 atom stereocenters. The quantitative estimate of drug-likeness (QED) is 0.824. The van der Waals surface area contributed by atoms with Crippen LogP contribution in [0.25, 0.3) is 0 Å². The highest BCUT2D eigenvalue weighted by atomic mass is 16.5. The first-order valence-electron chi connectivity index (χ1n) is 7.99. The predicted molar refractivity (Wildman–Crippen MR) is 76.8 cm³/mol. The lowest BCUT2D eigenvalue weighted by Gasteiger charge is -2.44. The molecule has 0 aromatic carbocycles. The van der Waals surface area contributed by atoms with Crippen molar-refractivity contribution < 1.29 is 4.74 Å². The highest BCUT2D eigenvalue weighted by Crippen LogP contribution is 2.38. The van der Waals surface area contributed by atoms with Crippen LogP contribution < -0.4 is 5.32 Å². The Hall–Kier alpha value is -0.0800. The molecule has 2 rings (SSSR count). The molecule has 18 heavy (non-hydrogen) atoms. The molecule has 1 N–H and O–H groups in total. The van der Waals surface area contributed by atoms with Gasteiger partial charge >= 0.3 is 0 Å². The van der Waals surface area contributed by atoms with E-state index >= 15 is 0 Å². The molecule has 0 radical (unpaired) electrons. The summed E-state index contributed by atoms with van der Waals surface area (Å²) in [4.78, 5) is 0. The molecule has 1 aliphatic heterocycles. The lowest BCUT2D eigenvalue weighted by Crippen LogP contribution is -2.49. The third kappa shape index (κ3) is 3.71. The SMILES string of the molecule is CC(C)C(C)CNC1CCOC2(CCCCC2)C1. The van der Waals surface area contributed by atoms with Crippen molar-refractivity contribution >= 4 is 0 Å². The lowest BCUT2D eigenvalue weighted by molar-refractivity contribution is -0.109. The summed E-state index contributed by atoms with van der Waals surface area (Å²) in [7, 11) is 0. The molecule has 1 spiro atoms. The van der Waals surface area contributed by atoms with Crippen molar-refractivity contribution in [3.05, 3.63) is 0 Å². The van der Waals surface area contributed by atoms with Crippen LogP contribution in [0.2, 0.25) is 0 Å². The van der Waals surface area contributed by atoms with Gasteiger partial charge in [0.1, 0.15) is 0 Å². The molecule has 2 heteroatoms. The van der Waals surface area contributed by atoms with Gasteiger partial charge in [-0.1, -0.05) is 40.0 Å². The van der Waals surface area contributed by atoms with E-state index in [1.165, 1.54) is 51.5 Å². The van der Waals surface area contributed by atoms with E-state index in [0.29, 0.717) is 6.04 Å². The summed E-state index contributed by atoms with van der Waals surface area (Å²) in [5, 5.41) is 3.79. The third-order valence-corrected chi connectivity index (χ3v) is 5.12. The van der Waals surface area contributed by atoms with E-state index in [4.69, 9.17) is 4.74 Å². The summed E-state index contributed by atoms with van der Waals surface area (Å²) in [6.07, 6.45) is 9.19. The number of rotatable bonds is 4. The van der Waals surface area contributed by atoms with Crippen molar-refractivity contribution in [2.45, 2.75) is 77.4 Å². The fourth-order valence-electron chi connectivity index (χ4n) is 3.33. The fourth-order valence-corrected chi connectivity index (χ4v) is 3.33. The van der Waals surface area contributed by atoms with Gasteiger partial charge in [-0.3, -0.25) is 0 Å². The molecule has 1 aliphatic carbocycles. The van der Waals surface area contributed by atoms with Gasteiger partial charge in [0.15, 0.2) is 0 Å². The standard InChI is InChI=1S/C16H31NO/c1-13(2)14(3)12-17-15-7-10-18-16(11-15)8-5-4-6-9-16/h13-15,17H,4-12H2,1-3H3. The average Bonchev–Trinajstić information content (AvgIpc) is 2.37. The maximum Gasteiger partial charge on any atom is 0.0697 e. The molecule has 106 valence electrons. The molecule has 2 fully saturated rings. The van der Waals surface area contributed by atoms with Crippen molar-refractivity contribution in [1.29, 1.82) is 0 Å². The average molecular weight is 253 g/mol. The lowest BCUT2D eigenvalue weighted by atomic mass is 9.78. The van der Waals surface area contributed by atoms with Crippen molar-refractivity contribution in [3.63, 3.8) is 0 Å². The summed E-state index contributed by atoms with van der Waals surface area (Å²) in [5.74, 6) is 1.55. The van der Waals surface area contributed by atoms with Gasteiger partial charge in [-0.15, -0.1) is 0 Å². The van der Waals surface area contributed by atoms with Crippen LogP contribution in [-0.2, 0) is 4.74 Å². The Kier molecular flexibility index (Phi) is 5.08. The Bertz CT molecular complexity index is 240. The first kappa shape index (κ1) is 14.3. The van der Waals surface area contributed by atoms with E-state index in [0.717, 1.165) is 18.4 Å².